The van der Waals surface area contributed by atoms with Crippen molar-refractivity contribution >= 4 is 5.91 Å². The molecule has 1 aromatic carbocycles. The van der Waals surface area contributed by atoms with Crippen LogP contribution < -0.4 is 15.6 Å². The molecule has 0 aliphatic carbocycles. The Morgan fingerprint density at radius 2 is 2.00 bits per heavy atom. The van der Waals surface area contributed by atoms with Gasteiger partial charge in [-0.2, -0.15) is 0 Å². The zero-order valence-corrected chi connectivity index (χ0v) is 9.75. The number of amides is 1. The van der Waals surface area contributed by atoms with Crippen molar-refractivity contribution in [3.63, 3.8) is 0 Å². The molecular formula is C12H18N2O2. The van der Waals surface area contributed by atoms with Crippen LogP contribution in [0.15, 0.2) is 24.3 Å². The fourth-order valence-electron chi connectivity index (χ4n) is 1.36. The molecule has 0 aliphatic heterocycles. The van der Waals surface area contributed by atoms with Gasteiger partial charge in [-0.25, -0.2) is 5.43 Å². The first kappa shape index (κ1) is 12.5. The lowest BCUT2D eigenvalue weighted by atomic mass is 10.1. The van der Waals surface area contributed by atoms with E-state index in [1.807, 2.05) is 12.1 Å². The van der Waals surface area contributed by atoms with Crippen molar-refractivity contribution in [2.24, 2.45) is 0 Å². The van der Waals surface area contributed by atoms with E-state index in [9.17, 15) is 4.79 Å². The van der Waals surface area contributed by atoms with Crippen LogP contribution in [0, 0.1) is 0 Å². The molecule has 88 valence electrons. The Labute approximate surface area is 96.0 Å². The number of carbonyl (C=O) groups excluding carboxylic acids is 1. The van der Waals surface area contributed by atoms with Crippen LogP contribution in [0.2, 0.25) is 0 Å². The topological polar surface area (TPSA) is 50.4 Å². The molecule has 0 heterocycles. The summed E-state index contributed by atoms with van der Waals surface area (Å²) < 4.78 is 5.08. The van der Waals surface area contributed by atoms with Crippen molar-refractivity contribution in [1.82, 2.24) is 10.9 Å². The molecule has 4 nitrogen and oxygen atoms in total. The van der Waals surface area contributed by atoms with Crippen molar-refractivity contribution in [2.75, 3.05) is 13.7 Å². The molecule has 0 aromatic heterocycles. The van der Waals surface area contributed by atoms with Crippen LogP contribution in [-0.4, -0.2) is 19.6 Å². The molecule has 0 radical (unpaired) electrons. The van der Waals surface area contributed by atoms with Gasteiger partial charge in [0.15, 0.2) is 0 Å². The predicted molar refractivity (Wildman–Crippen MR) is 63.1 cm³/mol. The lowest BCUT2D eigenvalue weighted by Crippen LogP contribution is -2.36. The molecule has 0 fully saturated rings. The number of nitrogens with one attached hydrogen (secondary N) is 2. The van der Waals surface area contributed by atoms with E-state index < -0.39 is 0 Å². The van der Waals surface area contributed by atoms with Gasteiger partial charge in [0.2, 0.25) is 5.91 Å². The largest absolute Gasteiger partial charge is 0.497 e. The minimum Gasteiger partial charge on any atom is -0.497 e. The third-order valence-electron chi connectivity index (χ3n) is 2.19. The van der Waals surface area contributed by atoms with Gasteiger partial charge in [-0.3, -0.25) is 10.2 Å². The highest BCUT2D eigenvalue weighted by molar-refractivity contribution is 5.72. The van der Waals surface area contributed by atoms with E-state index in [2.05, 4.69) is 23.0 Å². The van der Waals surface area contributed by atoms with E-state index in [-0.39, 0.29) is 5.91 Å². The summed E-state index contributed by atoms with van der Waals surface area (Å²) in [5, 5.41) is 0. The number of aryl methyl sites for hydroxylation is 1. The lowest BCUT2D eigenvalue weighted by Gasteiger charge is -2.05. The van der Waals surface area contributed by atoms with E-state index in [4.69, 9.17) is 4.74 Å². The molecule has 1 rings (SSSR count). The second kappa shape index (κ2) is 6.85. The number of hydrogen-bond acceptors (Lipinski definition) is 3. The van der Waals surface area contributed by atoms with Crippen molar-refractivity contribution in [2.45, 2.75) is 19.8 Å². The summed E-state index contributed by atoms with van der Waals surface area (Å²) >= 11 is 0. The van der Waals surface area contributed by atoms with Crippen molar-refractivity contribution in [3.05, 3.63) is 29.8 Å². The maximum Gasteiger partial charge on any atom is 0.230 e. The van der Waals surface area contributed by atoms with Crippen LogP contribution >= 0.6 is 0 Å². The van der Waals surface area contributed by atoms with Crippen LogP contribution in [0.5, 0.6) is 5.75 Å². The fraction of sp³-hybridized carbons (Fsp3) is 0.417. The van der Waals surface area contributed by atoms with E-state index in [1.54, 1.807) is 7.11 Å². The number of hydrazine groups is 1. The van der Waals surface area contributed by atoms with Gasteiger partial charge in [-0.05, 0) is 30.5 Å². The minimum absolute atomic E-state index is 0.0653. The van der Waals surface area contributed by atoms with E-state index in [1.165, 1.54) is 12.5 Å². The molecule has 2 N–H and O–H groups in total. The van der Waals surface area contributed by atoms with Gasteiger partial charge in [0.1, 0.15) is 5.75 Å². The fourth-order valence-corrected chi connectivity index (χ4v) is 1.36. The molecule has 1 aromatic rings. The molecule has 0 spiro atoms. The average Bonchev–Trinajstić information content (AvgIpc) is 2.29. The maximum atomic E-state index is 10.6. The smallest absolute Gasteiger partial charge is 0.230 e. The maximum absolute atomic E-state index is 10.6. The second-order valence-corrected chi connectivity index (χ2v) is 3.56. The Balaban J connectivity index is 2.19. The minimum atomic E-state index is -0.0653. The lowest BCUT2D eigenvalue weighted by molar-refractivity contribution is -0.119. The van der Waals surface area contributed by atoms with Crippen LogP contribution in [0.25, 0.3) is 0 Å². The number of ether oxygens (including phenoxy) is 1. The van der Waals surface area contributed by atoms with Crippen LogP contribution in [0.4, 0.5) is 0 Å². The highest BCUT2D eigenvalue weighted by Gasteiger charge is 1.95. The molecule has 0 aliphatic rings. The summed E-state index contributed by atoms with van der Waals surface area (Å²) in [6.07, 6.45) is 1.96. The highest BCUT2D eigenvalue weighted by atomic mass is 16.5. The Hall–Kier alpha value is -1.55. The average molecular weight is 222 g/mol. The number of hydrogen-bond donors (Lipinski definition) is 2. The first-order valence-corrected chi connectivity index (χ1v) is 5.34. The van der Waals surface area contributed by atoms with Gasteiger partial charge < -0.3 is 4.74 Å². The zero-order valence-electron chi connectivity index (χ0n) is 9.75. The van der Waals surface area contributed by atoms with Gasteiger partial charge in [0, 0.05) is 13.5 Å². The SMILES string of the molecule is COc1ccc(CCCNNC(C)=O)cc1. The molecule has 0 bridgehead atoms. The van der Waals surface area contributed by atoms with Crippen LogP contribution in [0.1, 0.15) is 18.9 Å². The Morgan fingerprint density at radius 1 is 1.31 bits per heavy atom. The van der Waals surface area contributed by atoms with Crippen molar-refractivity contribution in [1.29, 1.82) is 0 Å². The normalized spacial score (nSPS) is 9.88. The summed E-state index contributed by atoms with van der Waals surface area (Å²) in [6, 6.07) is 8.02. The summed E-state index contributed by atoms with van der Waals surface area (Å²) in [7, 11) is 1.66. The molecule has 0 unspecified atom stereocenters. The molecular weight excluding hydrogens is 204 g/mol. The quantitative estimate of drug-likeness (QED) is 0.563. The summed E-state index contributed by atoms with van der Waals surface area (Å²) in [5.74, 6) is 0.810. The van der Waals surface area contributed by atoms with Crippen LogP contribution in [0.3, 0.4) is 0 Å². The number of rotatable bonds is 6. The van der Waals surface area contributed by atoms with E-state index in [0.29, 0.717) is 0 Å². The Bertz CT molecular complexity index is 322. The van der Waals surface area contributed by atoms with Crippen molar-refractivity contribution < 1.29 is 9.53 Å². The molecule has 1 amide bonds. The first-order chi connectivity index (χ1) is 7.72. The standard InChI is InChI=1S/C12H18N2O2/c1-10(15)14-13-9-3-4-11-5-7-12(16-2)8-6-11/h5-8,13H,3-4,9H2,1-2H3,(H,14,15). The van der Waals surface area contributed by atoms with E-state index in [0.717, 1.165) is 25.1 Å². The van der Waals surface area contributed by atoms with Gasteiger partial charge in [-0.1, -0.05) is 12.1 Å². The number of carbonyl (C=O) groups is 1. The zero-order chi connectivity index (χ0) is 11.8. The van der Waals surface area contributed by atoms with Gasteiger partial charge in [-0.15, -0.1) is 0 Å². The molecule has 4 heteroatoms. The number of methoxy groups -OCH3 is 1. The van der Waals surface area contributed by atoms with Gasteiger partial charge in [0.25, 0.3) is 0 Å². The molecule has 16 heavy (non-hydrogen) atoms. The summed E-state index contributed by atoms with van der Waals surface area (Å²) in [5.41, 5.74) is 6.66. The van der Waals surface area contributed by atoms with Crippen molar-refractivity contribution in [3.8, 4) is 5.75 Å². The van der Waals surface area contributed by atoms with Gasteiger partial charge >= 0.3 is 0 Å². The third-order valence-corrected chi connectivity index (χ3v) is 2.19. The van der Waals surface area contributed by atoms with Gasteiger partial charge in [0.05, 0.1) is 7.11 Å². The predicted octanol–water partition coefficient (Wildman–Crippen LogP) is 1.27. The molecule has 0 saturated heterocycles. The molecule has 0 atom stereocenters. The summed E-state index contributed by atoms with van der Waals surface area (Å²) in [4.78, 5) is 10.6. The highest BCUT2D eigenvalue weighted by Crippen LogP contribution is 2.12. The number of benzene rings is 1. The molecule has 0 saturated carbocycles. The Morgan fingerprint density at radius 3 is 2.56 bits per heavy atom. The monoisotopic (exact) mass is 222 g/mol. The van der Waals surface area contributed by atoms with Crippen LogP contribution in [-0.2, 0) is 11.2 Å². The summed E-state index contributed by atoms with van der Waals surface area (Å²) in [6.45, 7) is 2.25. The van der Waals surface area contributed by atoms with E-state index >= 15 is 0 Å². The second-order valence-electron chi connectivity index (χ2n) is 3.56. The Kier molecular flexibility index (Phi) is 5.36. The first-order valence-electron chi connectivity index (χ1n) is 5.34. The third kappa shape index (κ3) is 4.79.